The van der Waals surface area contributed by atoms with Crippen molar-refractivity contribution >= 4 is 62.9 Å². The van der Waals surface area contributed by atoms with E-state index in [4.69, 9.17) is 16.3 Å². The molecule has 218 valence electrons. The number of thioether (sulfide) groups is 1. The molecule has 1 N–H and O–H groups in total. The molecule has 12 heteroatoms. The van der Waals surface area contributed by atoms with Crippen molar-refractivity contribution in [3.8, 4) is 5.75 Å². The van der Waals surface area contributed by atoms with E-state index in [2.05, 4.69) is 15.2 Å². The molecular weight excluding hydrogens is 606 g/mol. The number of fused-ring (bicyclic) bond motifs is 1. The van der Waals surface area contributed by atoms with E-state index in [0.29, 0.717) is 50.1 Å². The molecule has 4 heterocycles. The zero-order valence-corrected chi connectivity index (χ0v) is 25.6. The molecule has 3 aromatic heterocycles. The number of hydrogen-bond donors (Lipinski definition) is 1. The Morgan fingerprint density at radius 1 is 1.07 bits per heavy atom. The van der Waals surface area contributed by atoms with Gasteiger partial charge in [0.25, 0.3) is 5.78 Å². The van der Waals surface area contributed by atoms with Gasteiger partial charge < -0.3 is 9.84 Å². The number of nitrogens with zero attached hydrogens (tertiary/aromatic N) is 5. The number of hydrogen-bond acceptors (Lipinski definition) is 9. The zero-order valence-electron chi connectivity index (χ0n) is 23.2. The number of imidazole rings is 1. The molecule has 5 aromatic rings. The van der Waals surface area contributed by atoms with Gasteiger partial charge in [-0.15, -0.1) is 10.2 Å². The van der Waals surface area contributed by atoms with Crippen LogP contribution in [-0.2, 0) is 15.3 Å². The second-order valence-corrected chi connectivity index (χ2v) is 12.4. The lowest BCUT2D eigenvalue weighted by atomic mass is 9.96. The summed E-state index contributed by atoms with van der Waals surface area (Å²) < 4.78 is 8.05. The highest BCUT2D eigenvalue weighted by molar-refractivity contribution is 8.00. The first-order valence-electron chi connectivity index (χ1n) is 13.5. The molecular formula is C31H26ClN5O4S2. The van der Waals surface area contributed by atoms with Crippen LogP contribution in [0, 0.1) is 6.92 Å². The standard InChI is InChI=1S/C31H26ClN5O4S2/c1-3-16-41-21-13-11-19(12-14-21)26-24(27(38)25-18(2)33-23-10-6-7-15-36(23)25)28(39)29(40)37(26)30-34-35-31(43-30)42-17-20-8-4-5-9-22(20)32/h4-15,26,38H,3,16-17H2,1-2H3. The first-order chi connectivity index (χ1) is 20.9. The molecule has 6 rings (SSSR count). The summed E-state index contributed by atoms with van der Waals surface area (Å²) >= 11 is 8.94. The van der Waals surface area contributed by atoms with Crippen LogP contribution in [0.25, 0.3) is 11.4 Å². The Morgan fingerprint density at radius 2 is 1.84 bits per heavy atom. The highest BCUT2D eigenvalue weighted by Gasteiger charge is 2.49. The van der Waals surface area contributed by atoms with Crippen LogP contribution < -0.4 is 9.64 Å². The third-order valence-electron chi connectivity index (χ3n) is 6.95. The van der Waals surface area contributed by atoms with Crippen molar-refractivity contribution in [3.05, 3.63) is 106 Å². The third kappa shape index (κ3) is 5.51. The molecule has 0 aliphatic carbocycles. The van der Waals surface area contributed by atoms with Crippen molar-refractivity contribution in [2.24, 2.45) is 0 Å². The summed E-state index contributed by atoms with van der Waals surface area (Å²) in [4.78, 5) is 33.2. The normalized spacial score (nSPS) is 16.3. The number of anilines is 1. The maximum absolute atomic E-state index is 13.7. The Hall–Kier alpha value is -4.19. The summed E-state index contributed by atoms with van der Waals surface area (Å²) in [6.45, 7) is 4.33. The molecule has 1 aliphatic heterocycles. The van der Waals surface area contributed by atoms with E-state index in [1.165, 1.54) is 28.0 Å². The average Bonchev–Trinajstić information content (AvgIpc) is 3.69. The number of carbonyl (C=O) groups excluding carboxylic acids is 2. The van der Waals surface area contributed by atoms with E-state index in [1.54, 1.807) is 53.9 Å². The summed E-state index contributed by atoms with van der Waals surface area (Å²) in [5.41, 5.74) is 2.97. The Morgan fingerprint density at radius 3 is 2.60 bits per heavy atom. The smallest absolute Gasteiger partial charge is 0.301 e. The molecule has 1 amide bonds. The molecule has 0 spiro atoms. The number of ether oxygens (including phenoxy) is 1. The van der Waals surface area contributed by atoms with Crippen LogP contribution in [-0.4, -0.2) is 43.0 Å². The van der Waals surface area contributed by atoms with Gasteiger partial charge in [-0.2, -0.15) is 0 Å². The molecule has 43 heavy (non-hydrogen) atoms. The minimum Gasteiger partial charge on any atom is -0.505 e. The molecule has 0 saturated carbocycles. The van der Waals surface area contributed by atoms with Gasteiger partial charge in [0.15, 0.2) is 10.1 Å². The van der Waals surface area contributed by atoms with E-state index >= 15 is 0 Å². The number of Topliss-reactive ketones (excluding diaryl/α,β-unsaturated/α-hetero) is 1. The molecule has 1 aliphatic rings. The molecule has 9 nitrogen and oxygen atoms in total. The number of aliphatic hydroxyl groups excluding tert-OH is 1. The van der Waals surface area contributed by atoms with Gasteiger partial charge in [-0.25, -0.2) is 4.98 Å². The van der Waals surface area contributed by atoms with Crippen LogP contribution in [0.4, 0.5) is 5.13 Å². The monoisotopic (exact) mass is 631 g/mol. The van der Waals surface area contributed by atoms with Crippen LogP contribution in [0.2, 0.25) is 5.02 Å². The molecule has 2 aromatic carbocycles. The molecule has 1 unspecified atom stereocenters. The van der Waals surface area contributed by atoms with Crippen molar-refractivity contribution in [3.63, 3.8) is 0 Å². The Kier molecular flexibility index (Phi) is 8.20. The number of pyridine rings is 1. The van der Waals surface area contributed by atoms with E-state index in [-0.39, 0.29) is 16.5 Å². The van der Waals surface area contributed by atoms with Gasteiger partial charge in [-0.1, -0.05) is 78.0 Å². The fourth-order valence-electron chi connectivity index (χ4n) is 4.95. The molecule has 0 bridgehead atoms. The number of rotatable bonds is 9. The number of benzene rings is 2. The lowest BCUT2D eigenvalue weighted by Crippen LogP contribution is -2.29. The fraction of sp³-hybridized carbons (Fsp3) is 0.194. The highest BCUT2D eigenvalue weighted by atomic mass is 35.5. The lowest BCUT2D eigenvalue weighted by molar-refractivity contribution is -0.132. The molecule has 1 fully saturated rings. The zero-order chi connectivity index (χ0) is 30.1. The lowest BCUT2D eigenvalue weighted by Gasteiger charge is -2.22. The molecule has 0 radical (unpaired) electrons. The fourth-order valence-corrected chi connectivity index (χ4v) is 7.10. The first kappa shape index (κ1) is 28.9. The van der Waals surface area contributed by atoms with E-state index in [1.807, 2.05) is 37.3 Å². The number of halogens is 1. The number of aryl methyl sites for hydroxylation is 1. The predicted molar refractivity (Wildman–Crippen MR) is 168 cm³/mol. The van der Waals surface area contributed by atoms with Crippen LogP contribution >= 0.6 is 34.7 Å². The number of aliphatic hydroxyl groups is 1. The van der Waals surface area contributed by atoms with Crippen molar-refractivity contribution in [2.45, 2.75) is 36.4 Å². The third-order valence-corrected chi connectivity index (χ3v) is 9.43. The highest BCUT2D eigenvalue weighted by Crippen LogP contribution is 2.44. The van der Waals surface area contributed by atoms with Crippen LogP contribution in [0.3, 0.4) is 0 Å². The van der Waals surface area contributed by atoms with Gasteiger partial charge >= 0.3 is 5.91 Å². The van der Waals surface area contributed by atoms with Crippen LogP contribution in [0.1, 0.15) is 41.9 Å². The van der Waals surface area contributed by atoms with Crippen molar-refractivity contribution in [1.29, 1.82) is 0 Å². The van der Waals surface area contributed by atoms with Crippen LogP contribution in [0.15, 0.2) is 82.8 Å². The number of aromatic nitrogens is 4. The summed E-state index contributed by atoms with van der Waals surface area (Å²) in [5, 5.41) is 21.2. The number of ketones is 1. The average molecular weight is 632 g/mol. The largest absolute Gasteiger partial charge is 0.505 e. The second kappa shape index (κ2) is 12.2. The van der Waals surface area contributed by atoms with Gasteiger partial charge in [0.1, 0.15) is 17.1 Å². The maximum atomic E-state index is 13.7. The summed E-state index contributed by atoms with van der Waals surface area (Å²) in [5.74, 6) is -0.716. The van der Waals surface area contributed by atoms with Gasteiger partial charge in [0.2, 0.25) is 5.13 Å². The number of amides is 1. The number of carbonyl (C=O) groups is 2. The van der Waals surface area contributed by atoms with Crippen molar-refractivity contribution in [2.75, 3.05) is 11.5 Å². The van der Waals surface area contributed by atoms with E-state index in [0.717, 1.165) is 12.0 Å². The first-order valence-corrected chi connectivity index (χ1v) is 15.7. The SMILES string of the molecule is CCCOc1ccc(C2C(=C(O)c3c(C)nc4ccccn34)C(=O)C(=O)N2c2nnc(SCc3ccccc3Cl)s2)cc1. The summed E-state index contributed by atoms with van der Waals surface area (Å²) in [7, 11) is 0. The molecule has 1 saturated heterocycles. The minimum atomic E-state index is -0.955. The molecule has 1 atom stereocenters. The van der Waals surface area contributed by atoms with E-state index < -0.39 is 17.7 Å². The Labute approximate surface area is 260 Å². The topological polar surface area (TPSA) is 110 Å². The minimum absolute atomic E-state index is 0.0542. The predicted octanol–water partition coefficient (Wildman–Crippen LogP) is 6.86. The Balaban J connectivity index is 1.43. The van der Waals surface area contributed by atoms with Gasteiger partial charge in [-0.05, 0) is 54.8 Å². The van der Waals surface area contributed by atoms with Gasteiger partial charge in [0.05, 0.1) is 23.9 Å². The van der Waals surface area contributed by atoms with E-state index in [9.17, 15) is 14.7 Å². The van der Waals surface area contributed by atoms with Crippen molar-refractivity contribution in [1.82, 2.24) is 19.6 Å². The second-order valence-electron chi connectivity index (χ2n) is 9.79. The van der Waals surface area contributed by atoms with Gasteiger partial charge in [-0.3, -0.25) is 18.9 Å². The summed E-state index contributed by atoms with van der Waals surface area (Å²) in [6.07, 6.45) is 2.61. The van der Waals surface area contributed by atoms with Gasteiger partial charge in [0, 0.05) is 17.0 Å². The van der Waals surface area contributed by atoms with Crippen molar-refractivity contribution < 1.29 is 19.4 Å². The quantitative estimate of drug-likeness (QED) is 0.0618. The van der Waals surface area contributed by atoms with Crippen LogP contribution in [0.5, 0.6) is 5.75 Å². The summed E-state index contributed by atoms with van der Waals surface area (Å²) in [6, 6.07) is 19.2. The Bertz CT molecular complexity index is 1870. The maximum Gasteiger partial charge on any atom is 0.301 e.